The van der Waals surface area contributed by atoms with Crippen molar-refractivity contribution in [2.75, 3.05) is 18.0 Å². The molecule has 0 bridgehead atoms. The SMILES string of the molecule is Cc1[nH]nc2nc(-c3ccc(O)cc3F)c(C#N)c(-c3ccc(N4CCC(N)CC4)o3)c12. The van der Waals surface area contributed by atoms with Gasteiger partial charge in [-0.05, 0) is 38.0 Å². The molecule has 4 N–H and O–H groups in total. The van der Waals surface area contributed by atoms with Crippen LogP contribution in [0.5, 0.6) is 5.75 Å². The monoisotopic (exact) mass is 432 g/mol. The van der Waals surface area contributed by atoms with Crippen LogP contribution in [0.25, 0.3) is 33.6 Å². The molecule has 0 unspecified atom stereocenters. The van der Waals surface area contributed by atoms with Crippen molar-refractivity contribution < 1.29 is 13.9 Å². The van der Waals surface area contributed by atoms with E-state index in [2.05, 4.69) is 26.2 Å². The molecule has 162 valence electrons. The molecule has 8 nitrogen and oxygen atoms in total. The molecule has 1 aromatic carbocycles. The largest absolute Gasteiger partial charge is 0.508 e. The van der Waals surface area contributed by atoms with Gasteiger partial charge < -0.3 is 20.2 Å². The Morgan fingerprint density at radius 2 is 2.06 bits per heavy atom. The van der Waals surface area contributed by atoms with E-state index < -0.39 is 5.82 Å². The number of nitrogens with two attached hydrogens (primary N) is 1. The van der Waals surface area contributed by atoms with Crippen LogP contribution in [0.3, 0.4) is 0 Å². The molecule has 5 rings (SSSR count). The number of nitrogens with zero attached hydrogens (tertiary/aromatic N) is 4. The Labute approximate surface area is 183 Å². The highest BCUT2D eigenvalue weighted by atomic mass is 19.1. The molecular weight excluding hydrogens is 411 g/mol. The van der Waals surface area contributed by atoms with Gasteiger partial charge in [-0.3, -0.25) is 5.10 Å². The highest BCUT2D eigenvalue weighted by Crippen LogP contribution is 2.40. The standard InChI is InChI=1S/C23H21FN6O2/c1-12-20-21(18-4-5-19(32-18)30-8-6-13(26)7-9-30)16(11-25)22(27-23(20)29-28-12)15-3-2-14(31)10-17(15)24/h2-5,10,13,31H,6-9,26H2,1H3,(H,27,28,29). The molecule has 1 fully saturated rings. The van der Waals surface area contributed by atoms with Crippen molar-refractivity contribution in [3.8, 4) is 34.4 Å². The van der Waals surface area contributed by atoms with Crippen LogP contribution in [0.1, 0.15) is 24.1 Å². The lowest BCUT2D eigenvalue weighted by Gasteiger charge is -2.29. The Balaban J connectivity index is 1.71. The number of hydrogen-bond donors (Lipinski definition) is 3. The molecule has 0 saturated carbocycles. The van der Waals surface area contributed by atoms with Crippen molar-refractivity contribution in [2.24, 2.45) is 5.73 Å². The minimum Gasteiger partial charge on any atom is -0.508 e. The Morgan fingerprint density at radius 1 is 1.28 bits per heavy atom. The predicted molar refractivity (Wildman–Crippen MR) is 118 cm³/mol. The third kappa shape index (κ3) is 3.25. The van der Waals surface area contributed by atoms with Gasteiger partial charge >= 0.3 is 0 Å². The first-order chi connectivity index (χ1) is 15.5. The molecule has 0 radical (unpaired) electrons. The first-order valence-corrected chi connectivity index (χ1v) is 10.3. The van der Waals surface area contributed by atoms with Crippen molar-refractivity contribution in [2.45, 2.75) is 25.8 Å². The number of benzene rings is 1. The number of fused-ring (bicyclic) bond motifs is 1. The van der Waals surface area contributed by atoms with Crippen LogP contribution in [0.15, 0.2) is 34.7 Å². The lowest BCUT2D eigenvalue weighted by Crippen LogP contribution is -2.39. The topological polar surface area (TPSA) is 128 Å². The van der Waals surface area contributed by atoms with Gasteiger partial charge in [0.2, 0.25) is 0 Å². The van der Waals surface area contributed by atoms with E-state index in [1.165, 1.54) is 12.1 Å². The van der Waals surface area contributed by atoms with Gasteiger partial charge in [0.15, 0.2) is 11.5 Å². The number of phenols is 1. The molecule has 0 atom stereocenters. The number of anilines is 1. The van der Waals surface area contributed by atoms with E-state index in [0.29, 0.717) is 28.2 Å². The van der Waals surface area contributed by atoms with E-state index in [1.807, 2.05) is 19.1 Å². The first kappa shape index (κ1) is 20.0. The summed E-state index contributed by atoms with van der Waals surface area (Å²) >= 11 is 0. The second-order valence-electron chi connectivity index (χ2n) is 8.00. The number of piperidine rings is 1. The fourth-order valence-corrected chi connectivity index (χ4v) is 4.20. The van der Waals surface area contributed by atoms with Crippen LogP contribution < -0.4 is 10.6 Å². The zero-order chi connectivity index (χ0) is 22.4. The number of pyridine rings is 1. The van der Waals surface area contributed by atoms with Crippen molar-refractivity contribution in [1.29, 1.82) is 5.26 Å². The number of nitrogens with one attached hydrogen (secondary N) is 1. The second-order valence-corrected chi connectivity index (χ2v) is 8.00. The lowest BCUT2D eigenvalue weighted by atomic mass is 9.96. The molecule has 1 saturated heterocycles. The van der Waals surface area contributed by atoms with E-state index >= 15 is 0 Å². The van der Waals surface area contributed by atoms with Crippen molar-refractivity contribution in [3.05, 3.63) is 47.4 Å². The van der Waals surface area contributed by atoms with Gasteiger partial charge in [-0.2, -0.15) is 10.4 Å². The van der Waals surface area contributed by atoms with E-state index in [-0.39, 0.29) is 28.6 Å². The van der Waals surface area contributed by atoms with Crippen LogP contribution >= 0.6 is 0 Å². The minimum absolute atomic E-state index is 0.0972. The number of aromatic nitrogens is 3. The molecule has 9 heteroatoms. The number of furan rings is 1. The average Bonchev–Trinajstić information content (AvgIpc) is 3.40. The number of hydrogen-bond acceptors (Lipinski definition) is 7. The summed E-state index contributed by atoms with van der Waals surface area (Å²) in [5, 5.41) is 27.4. The number of aromatic hydroxyl groups is 1. The smallest absolute Gasteiger partial charge is 0.196 e. The van der Waals surface area contributed by atoms with Crippen molar-refractivity contribution in [1.82, 2.24) is 15.2 Å². The predicted octanol–water partition coefficient (Wildman–Crippen LogP) is 3.84. The van der Waals surface area contributed by atoms with Crippen molar-refractivity contribution in [3.63, 3.8) is 0 Å². The quantitative estimate of drug-likeness (QED) is 0.449. The van der Waals surface area contributed by atoms with Crippen LogP contribution in [0.4, 0.5) is 10.3 Å². The molecule has 4 aromatic rings. The van der Waals surface area contributed by atoms with Gasteiger partial charge in [-0.15, -0.1) is 0 Å². The zero-order valence-electron chi connectivity index (χ0n) is 17.4. The molecular formula is C23H21FN6O2. The summed E-state index contributed by atoms with van der Waals surface area (Å²) in [6.45, 7) is 3.41. The zero-order valence-corrected chi connectivity index (χ0v) is 17.4. The number of nitriles is 1. The fourth-order valence-electron chi connectivity index (χ4n) is 4.20. The molecule has 32 heavy (non-hydrogen) atoms. The number of aryl methyl sites for hydroxylation is 1. The maximum absolute atomic E-state index is 14.7. The van der Waals surface area contributed by atoms with Gasteiger partial charge in [0.25, 0.3) is 0 Å². The second kappa shape index (κ2) is 7.66. The number of H-pyrrole nitrogens is 1. The van der Waals surface area contributed by atoms with Gasteiger partial charge in [0, 0.05) is 42.5 Å². The summed E-state index contributed by atoms with van der Waals surface area (Å²) in [4.78, 5) is 6.59. The van der Waals surface area contributed by atoms with E-state index in [9.17, 15) is 14.8 Å². The highest BCUT2D eigenvalue weighted by molar-refractivity contribution is 5.99. The summed E-state index contributed by atoms with van der Waals surface area (Å²) in [7, 11) is 0. The maximum atomic E-state index is 14.7. The van der Waals surface area contributed by atoms with E-state index in [4.69, 9.17) is 10.2 Å². The van der Waals surface area contributed by atoms with Crippen LogP contribution in [0, 0.1) is 24.1 Å². The Kier molecular flexibility index (Phi) is 4.79. The first-order valence-electron chi connectivity index (χ1n) is 10.3. The molecule has 0 aliphatic carbocycles. The maximum Gasteiger partial charge on any atom is 0.196 e. The summed E-state index contributed by atoms with van der Waals surface area (Å²) in [6, 6.07) is 9.80. The number of rotatable bonds is 3. The minimum atomic E-state index is -0.684. The molecule has 3 aromatic heterocycles. The third-order valence-corrected chi connectivity index (χ3v) is 5.89. The summed E-state index contributed by atoms with van der Waals surface area (Å²) in [5.41, 5.74) is 8.00. The Bertz CT molecular complexity index is 1360. The number of halogens is 1. The summed E-state index contributed by atoms with van der Waals surface area (Å²) in [6.07, 6.45) is 1.76. The Morgan fingerprint density at radius 3 is 2.78 bits per heavy atom. The normalized spacial score (nSPS) is 14.8. The molecule has 1 aliphatic heterocycles. The van der Waals surface area contributed by atoms with Crippen LogP contribution in [0.2, 0.25) is 0 Å². The third-order valence-electron chi connectivity index (χ3n) is 5.89. The Hall–Kier alpha value is -3.90. The van der Waals surface area contributed by atoms with Crippen molar-refractivity contribution >= 4 is 16.9 Å². The molecule has 1 aliphatic rings. The molecule has 4 heterocycles. The summed E-state index contributed by atoms with van der Waals surface area (Å²) in [5.74, 6) is 0.276. The van der Waals surface area contributed by atoms with E-state index in [1.54, 1.807) is 0 Å². The molecule has 0 amide bonds. The average molecular weight is 432 g/mol. The molecule has 0 spiro atoms. The van der Waals surface area contributed by atoms with Gasteiger partial charge in [-0.1, -0.05) is 0 Å². The van der Waals surface area contributed by atoms with E-state index in [0.717, 1.165) is 37.7 Å². The number of aromatic amines is 1. The van der Waals surface area contributed by atoms with Gasteiger partial charge in [-0.25, -0.2) is 9.37 Å². The van der Waals surface area contributed by atoms with Crippen LogP contribution in [-0.2, 0) is 0 Å². The lowest BCUT2D eigenvalue weighted by molar-refractivity contribution is 0.466. The number of phenolic OH excluding ortho intramolecular Hbond substituents is 1. The van der Waals surface area contributed by atoms with Crippen LogP contribution in [-0.4, -0.2) is 39.4 Å². The fraction of sp³-hybridized carbons (Fsp3) is 0.261. The highest BCUT2D eigenvalue weighted by Gasteiger charge is 2.26. The van der Waals surface area contributed by atoms with Gasteiger partial charge in [0.1, 0.15) is 23.4 Å². The summed E-state index contributed by atoms with van der Waals surface area (Å²) < 4.78 is 20.9. The van der Waals surface area contributed by atoms with Gasteiger partial charge in [0.05, 0.1) is 22.2 Å².